The molecule has 2 rings (SSSR count). The van der Waals surface area contributed by atoms with Crippen molar-refractivity contribution < 1.29 is 19.6 Å². The predicted octanol–water partition coefficient (Wildman–Crippen LogP) is 1.20. The van der Waals surface area contributed by atoms with E-state index < -0.39 is 24.3 Å². The van der Waals surface area contributed by atoms with Crippen molar-refractivity contribution in [1.82, 2.24) is 21.0 Å². The molecule has 1 heterocycles. The quantitative estimate of drug-likeness (QED) is 0.397. The first kappa shape index (κ1) is 17.7. The first-order chi connectivity index (χ1) is 11.4. The van der Waals surface area contributed by atoms with E-state index in [2.05, 4.69) is 20.8 Å². The zero-order valence-electron chi connectivity index (χ0n) is 11.9. The summed E-state index contributed by atoms with van der Waals surface area (Å²) < 4.78 is 0. The number of hydrogen-bond donors (Lipinski definition) is 5. The van der Waals surface area contributed by atoms with Crippen LogP contribution >= 0.6 is 23.2 Å². The molecule has 0 fully saturated rings. The van der Waals surface area contributed by atoms with Crippen LogP contribution < -0.4 is 16.1 Å². The number of halogens is 2. The monoisotopic (exact) mass is 371 g/mol. The van der Waals surface area contributed by atoms with Gasteiger partial charge in [0.2, 0.25) is 0 Å². The average molecular weight is 372 g/mol. The van der Waals surface area contributed by atoms with Crippen LogP contribution in [0.4, 0.5) is 5.69 Å². The van der Waals surface area contributed by atoms with Gasteiger partial charge in [0.05, 0.1) is 34.0 Å². The van der Waals surface area contributed by atoms with Crippen molar-refractivity contribution in [3.8, 4) is 0 Å². The Kier molecular flexibility index (Phi) is 5.74. The van der Waals surface area contributed by atoms with E-state index in [1.165, 1.54) is 23.8 Å². The van der Waals surface area contributed by atoms with E-state index in [9.17, 15) is 14.4 Å². The summed E-state index contributed by atoms with van der Waals surface area (Å²) in [7, 11) is 0. The summed E-state index contributed by atoms with van der Waals surface area (Å²) in [4.78, 5) is 35.1. The molecule has 126 valence electrons. The molecule has 0 atom stereocenters. The summed E-state index contributed by atoms with van der Waals surface area (Å²) in [5, 5.41) is 19.4. The van der Waals surface area contributed by atoms with Gasteiger partial charge in [-0.05, 0) is 12.1 Å². The number of nitrogens with zero attached hydrogens (tertiary/aromatic N) is 1. The number of aromatic nitrogens is 2. The van der Waals surface area contributed by atoms with E-state index in [1.54, 1.807) is 6.07 Å². The van der Waals surface area contributed by atoms with Crippen LogP contribution in [0.25, 0.3) is 0 Å². The third-order valence-electron chi connectivity index (χ3n) is 2.84. The van der Waals surface area contributed by atoms with Crippen LogP contribution in [0.5, 0.6) is 0 Å². The molecule has 0 unspecified atom stereocenters. The Morgan fingerprint density at radius 2 is 1.83 bits per heavy atom. The van der Waals surface area contributed by atoms with Gasteiger partial charge >= 0.3 is 0 Å². The van der Waals surface area contributed by atoms with Gasteiger partial charge < -0.3 is 10.6 Å². The maximum absolute atomic E-state index is 12.3. The fraction of sp³-hybridized carbons (Fsp3) is 0.0769. The number of nitrogens with one attached hydrogen (secondary N) is 4. The summed E-state index contributed by atoms with van der Waals surface area (Å²) in [6.45, 7) is -0.460. The zero-order chi connectivity index (χ0) is 17.7. The van der Waals surface area contributed by atoms with Gasteiger partial charge in [-0.25, -0.2) is 5.48 Å². The number of hydroxylamine groups is 1. The van der Waals surface area contributed by atoms with Gasteiger partial charge in [0.15, 0.2) is 0 Å². The van der Waals surface area contributed by atoms with Crippen LogP contribution in [-0.4, -0.2) is 39.7 Å². The average Bonchev–Trinajstić information content (AvgIpc) is 3.00. The number of benzene rings is 1. The van der Waals surface area contributed by atoms with Gasteiger partial charge in [0.25, 0.3) is 17.7 Å². The fourth-order valence-corrected chi connectivity index (χ4v) is 2.31. The molecule has 3 amide bonds. The molecular formula is C13H11Cl2N5O4. The summed E-state index contributed by atoms with van der Waals surface area (Å²) in [5.41, 5.74) is 1.40. The van der Waals surface area contributed by atoms with Gasteiger partial charge in [-0.2, -0.15) is 5.10 Å². The van der Waals surface area contributed by atoms with Crippen molar-refractivity contribution in [1.29, 1.82) is 0 Å². The lowest BCUT2D eigenvalue weighted by atomic mass is 10.2. The van der Waals surface area contributed by atoms with Gasteiger partial charge in [-0.15, -0.1) is 0 Å². The maximum atomic E-state index is 12.3. The predicted molar refractivity (Wildman–Crippen MR) is 85.3 cm³/mol. The third kappa shape index (κ3) is 4.02. The molecule has 0 spiro atoms. The number of aromatic amines is 1. The molecule has 0 aliphatic carbocycles. The van der Waals surface area contributed by atoms with Gasteiger partial charge in [-0.3, -0.25) is 24.7 Å². The normalized spacial score (nSPS) is 10.1. The highest BCUT2D eigenvalue weighted by Crippen LogP contribution is 2.25. The highest BCUT2D eigenvalue weighted by Gasteiger charge is 2.20. The second kappa shape index (κ2) is 7.77. The van der Waals surface area contributed by atoms with E-state index >= 15 is 0 Å². The van der Waals surface area contributed by atoms with Gasteiger partial charge in [0.1, 0.15) is 5.69 Å². The first-order valence-corrected chi connectivity index (χ1v) is 7.19. The van der Waals surface area contributed by atoms with E-state index in [0.29, 0.717) is 0 Å². The van der Waals surface area contributed by atoms with Crippen molar-refractivity contribution in [3.05, 3.63) is 45.7 Å². The molecule has 9 nitrogen and oxygen atoms in total. The highest BCUT2D eigenvalue weighted by atomic mass is 35.5. The minimum atomic E-state index is -0.809. The molecular weight excluding hydrogens is 361 g/mol. The molecule has 0 aliphatic heterocycles. The molecule has 0 radical (unpaired) electrons. The van der Waals surface area contributed by atoms with Crippen LogP contribution in [0.15, 0.2) is 24.4 Å². The Bertz CT molecular complexity index is 772. The summed E-state index contributed by atoms with van der Waals surface area (Å²) in [6, 6.07) is 4.59. The van der Waals surface area contributed by atoms with E-state index in [1.807, 2.05) is 0 Å². The number of hydrogen-bond acceptors (Lipinski definition) is 5. The second-order valence-corrected chi connectivity index (χ2v) is 5.24. The first-order valence-electron chi connectivity index (χ1n) is 6.44. The van der Waals surface area contributed by atoms with Gasteiger partial charge in [0, 0.05) is 0 Å². The third-order valence-corrected chi connectivity index (χ3v) is 3.47. The lowest BCUT2D eigenvalue weighted by Crippen LogP contribution is -2.35. The molecule has 0 saturated heterocycles. The SMILES string of the molecule is O=C(CNC(=O)c1[nH]ncc1NC(=O)c1c(Cl)cccc1Cl)NO. The number of anilines is 1. The summed E-state index contributed by atoms with van der Waals surface area (Å²) in [6.07, 6.45) is 1.21. The van der Waals surface area contributed by atoms with Crippen molar-refractivity contribution in [2.24, 2.45) is 0 Å². The number of carbonyl (C=O) groups is 3. The summed E-state index contributed by atoms with van der Waals surface area (Å²) in [5.74, 6) is -2.15. The molecule has 0 bridgehead atoms. The molecule has 24 heavy (non-hydrogen) atoms. The summed E-state index contributed by atoms with van der Waals surface area (Å²) >= 11 is 11.9. The van der Waals surface area contributed by atoms with Crippen molar-refractivity contribution in [3.63, 3.8) is 0 Å². The molecule has 5 N–H and O–H groups in total. The molecule has 0 aliphatic rings. The number of rotatable bonds is 5. The Morgan fingerprint density at radius 3 is 2.46 bits per heavy atom. The van der Waals surface area contributed by atoms with Crippen LogP contribution in [-0.2, 0) is 4.79 Å². The van der Waals surface area contributed by atoms with Crippen molar-refractivity contribution in [2.75, 3.05) is 11.9 Å². The van der Waals surface area contributed by atoms with Crippen LogP contribution in [0.3, 0.4) is 0 Å². The molecule has 1 aromatic heterocycles. The Balaban J connectivity index is 2.14. The minimum Gasteiger partial charge on any atom is -0.342 e. The maximum Gasteiger partial charge on any atom is 0.271 e. The lowest BCUT2D eigenvalue weighted by molar-refractivity contribution is -0.128. The van der Waals surface area contributed by atoms with E-state index in [4.69, 9.17) is 28.4 Å². The Labute approximate surface area is 145 Å². The largest absolute Gasteiger partial charge is 0.342 e. The highest BCUT2D eigenvalue weighted by molar-refractivity contribution is 6.40. The van der Waals surface area contributed by atoms with E-state index in [0.717, 1.165) is 0 Å². The topological polar surface area (TPSA) is 136 Å². The smallest absolute Gasteiger partial charge is 0.271 e. The Morgan fingerprint density at radius 1 is 1.17 bits per heavy atom. The zero-order valence-corrected chi connectivity index (χ0v) is 13.4. The standard InChI is InChI=1S/C13H11Cl2N5O4/c14-6-2-1-3-7(15)10(6)12(22)18-8-4-17-19-11(8)13(23)16-5-9(21)20-24/h1-4,24H,5H2,(H,16,23)(H,17,19)(H,18,22)(H,20,21). The molecule has 0 saturated carbocycles. The molecule has 2 aromatic rings. The molecule has 11 heteroatoms. The van der Waals surface area contributed by atoms with Crippen LogP contribution in [0, 0.1) is 0 Å². The lowest BCUT2D eigenvalue weighted by Gasteiger charge is -2.08. The van der Waals surface area contributed by atoms with Crippen molar-refractivity contribution in [2.45, 2.75) is 0 Å². The number of H-pyrrole nitrogens is 1. The van der Waals surface area contributed by atoms with Crippen molar-refractivity contribution >= 4 is 46.6 Å². The molecule has 1 aromatic carbocycles. The fourth-order valence-electron chi connectivity index (χ4n) is 1.74. The van der Waals surface area contributed by atoms with Crippen LogP contribution in [0.2, 0.25) is 10.0 Å². The van der Waals surface area contributed by atoms with E-state index in [-0.39, 0.29) is 27.0 Å². The number of carbonyl (C=O) groups excluding carboxylic acids is 3. The minimum absolute atomic E-state index is 0.0491. The van der Waals surface area contributed by atoms with Gasteiger partial charge in [-0.1, -0.05) is 29.3 Å². The second-order valence-electron chi connectivity index (χ2n) is 4.43. The Hall–Kier alpha value is -2.62. The number of amides is 3. The van der Waals surface area contributed by atoms with Crippen LogP contribution in [0.1, 0.15) is 20.8 Å².